The van der Waals surface area contributed by atoms with E-state index in [1.54, 1.807) is 24.3 Å². The molecule has 0 aliphatic heterocycles. The quantitative estimate of drug-likeness (QED) is 0.456. The van der Waals surface area contributed by atoms with Crippen molar-refractivity contribution in [1.29, 1.82) is 0 Å². The van der Waals surface area contributed by atoms with Gasteiger partial charge in [-0.15, -0.1) is 13.2 Å². The van der Waals surface area contributed by atoms with Gasteiger partial charge >= 0.3 is 0 Å². The summed E-state index contributed by atoms with van der Waals surface area (Å²) in [7, 11) is 0. The van der Waals surface area contributed by atoms with E-state index in [0.29, 0.717) is 18.7 Å². The number of rotatable bonds is 7. The molecule has 5 nitrogen and oxygen atoms in total. The van der Waals surface area contributed by atoms with Crippen molar-refractivity contribution >= 4 is 11.4 Å². The minimum absolute atomic E-state index is 0.0709. The maximum atomic E-state index is 10.8. The lowest BCUT2D eigenvalue weighted by Gasteiger charge is -2.22. The second-order valence-corrected chi connectivity index (χ2v) is 3.71. The van der Waals surface area contributed by atoms with Crippen LogP contribution in [0.4, 0.5) is 11.4 Å². The molecule has 1 aromatic carbocycles. The van der Waals surface area contributed by atoms with Gasteiger partial charge in [0.15, 0.2) is 0 Å². The minimum atomic E-state index is -0.499. The Bertz CT molecular complexity index is 448. The fourth-order valence-corrected chi connectivity index (χ4v) is 1.67. The topological polar surface area (TPSA) is 66.6 Å². The van der Waals surface area contributed by atoms with Crippen molar-refractivity contribution in [2.75, 3.05) is 18.0 Å². The fraction of sp³-hybridized carbons (Fsp3) is 0.231. The molecule has 1 aromatic rings. The van der Waals surface area contributed by atoms with E-state index in [1.807, 2.05) is 4.90 Å². The first-order valence-corrected chi connectivity index (χ1v) is 5.49. The molecule has 0 unspecified atom stereocenters. The van der Waals surface area contributed by atoms with Gasteiger partial charge in [0.2, 0.25) is 0 Å². The summed E-state index contributed by atoms with van der Waals surface area (Å²) in [5, 5.41) is 19.9. The third-order valence-corrected chi connectivity index (χ3v) is 2.49. The van der Waals surface area contributed by atoms with Gasteiger partial charge in [0.25, 0.3) is 5.69 Å². The number of benzene rings is 1. The van der Waals surface area contributed by atoms with Gasteiger partial charge < -0.3 is 10.0 Å². The molecule has 0 saturated carbocycles. The highest BCUT2D eigenvalue weighted by atomic mass is 16.6. The monoisotopic (exact) mass is 248 g/mol. The number of anilines is 1. The van der Waals surface area contributed by atoms with Gasteiger partial charge in [0.05, 0.1) is 17.1 Å². The zero-order chi connectivity index (χ0) is 13.5. The zero-order valence-electron chi connectivity index (χ0n) is 10.1. The van der Waals surface area contributed by atoms with Crippen LogP contribution >= 0.6 is 0 Å². The van der Waals surface area contributed by atoms with Crippen molar-refractivity contribution in [1.82, 2.24) is 0 Å². The second-order valence-electron chi connectivity index (χ2n) is 3.71. The molecule has 18 heavy (non-hydrogen) atoms. The van der Waals surface area contributed by atoms with Crippen LogP contribution in [-0.2, 0) is 6.61 Å². The average molecular weight is 248 g/mol. The Hall–Kier alpha value is -2.14. The first-order valence-electron chi connectivity index (χ1n) is 5.49. The summed E-state index contributed by atoms with van der Waals surface area (Å²) in [4.78, 5) is 12.2. The number of nitrogens with zero attached hydrogens (tertiary/aromatic N) is 2. The van der Waals surface area contributed by atoms with Crippen LogP contribution in [0, 0.1) is 10.1 Å². The van der Waals surface area contributed by atoms with E-state index < -0.39 is 4.92 Å². The summed E-state index contributed by atoms with van der Waals surface area (Å²) in [5.74, 6) is 0. The largest absolute Gasteiger partial charge is 0.391 e. The van der Waals surface area contributed by atoms with Crippen molar-refractivity contribution in [3.05, 3.63) is 59.2 Å². The van der Waals surface area contributed by atoms with Crippen molar-refractivity contribution < 1.29 is 10.0 Å². The Morgan fingerprint density at radius 2 is 1.94 bits per heavy atom. The van der Waals surface area contributed by atoms with E-state index in [9.17, 15) is 15.2 Å². The molecule has 0 aliphatic carbocycles. The van der Waals surface area contributed by atoms with Crippen LogP contribution in [0.5, 0.6) is 0 Å². The number of hydrogen-bond donors (Lipinski definition) is 1. The van der Waals surface area contributed by atoms with Crippen LogP contribution in [0.3, 0.4) is 0 Å². The molecule has 1 rings (SSSR count). The lowest BCUT2D eigenvalue weighted by molar-refractivity contribution is -0.385. The summed E-state index contributed by atoms with van der Waals surface area (Å²) >= 11 is 0. The van der Waals surface area contributed by atoms with Crippen molar-refractivity contribution in [2.24, 2.45) is 0 Å². The van der Waals surface area contributed by atoms with E-state index >= 15 is 0 Å². The second kappa shape index (κ2) is 6.56. The Morgan fingerprint density at radius 1 is 1.33 bits per heavy atom. The van der Waals surface area contributed by atoms with Crippen LogP contribution < -0.4 is 4.90 Å². The van der Waals surface area contributed by atoms with Gasteiger partial charge in [-0.05, 0) is 12.1 Å². The molecule has 0 bridgehead atoms. The minimum Gasteiger partial charge on any atom is -0.391 e. The lowest BCUT2D eigenvalue weighted by atomic mass is 10.1. The van der Waals surface area contributed by atoms with Gasteiger partial charge in [-0.1, -0.05) is 12.2 Å². The number of aliphatic hydroxyl groups is 1. The normalized spacial score (nSPS) is 9.83. The predicted molar refractivity (Wildman–Crippen MR) is 71.6 cm³/mol. The van der Waals surface area contributed by atoms with Crippen LogP contribution in [0.25, 0.3) is 0 Å². The number of nitro benzene ring substituents is 1. The highest BCUT2D eigenvalue weighted by molar-refractivity contribution is 5.56. The molecule has 5 heteroatoms. The molecule has 0 spiro atoms. The molecule has 0 amide bonds. The predicted octanol–water partition coefficient (Wildman–Crippen LogP) is 2.27. The standard InChI is InChI=1S/C13H16N2O3/c1-3-7-14(8-4-2)12-5-6-13(15(17)18)11(9-12)10-16/h3-6,9,16H,1-2,7-8,10H2. The molecule has 0 radical (unpaired) electrons. The Morgan fingerprint density at radius 3 is 2.39 bits per heavy atom. The van der Waals surface area contributed by atoms with Crippen LogP contribution in [-0.4, -0.2) is 23.1 Å². The summed E-state index contributed by atoms with van der Waals surface area (Å²) in [6.07, 6.45) is 3.48. The SMILES string of the molecule is C=CCN(CC=C)c1ccc([N+](=O)[O-])c(CO)c1. The molecule has 1 N–H and O–H groups in total. The third kappa shape index (κ3) is 3.18. The maximum Gasteiger partial charge on any atom is 0.275 e. The van der Waals surface area contributed by atoms with Crippen molar-refractivity contribution in [2.45, 2.75) is 6.61 Å². The molecule has 0 heterocycles. The molecular weight excluding hydrogens is 232 g/mol. The van der Waals surface area contributed by atoms with Crippen LogP contribution in [0.15, 0.2) is 43.5 Å². The summed E-state index contributed by atoms with van der Waals surface area (Å²) in [6, 6.07) is 4.68. The zero-order valence-corrected chi connectivity index (χ0v) is 10.1. The average Bonchev–Trinajstić information content (AvgIpc) is 2.37. The number of nitro groups is 1. The van der Waals surface area contributed by atoms with E-state index in [2.05, 4.69) is 13.2 Å². The van der Waals surface area contributed by atoms with E-state index in [1.165, 1.54) is 6.07 Å². The first-order chi connectivity index (χ1) is 8.63. The Kier molecular flexibility index (Phi) is 5.07. The molecule has 0 saturated heterocycles. The van der Waals surface area contributed by atoms with E-state index in [-0.39, 0.29) is 12.3 Å². The van der Waals surface area contributed by atoms with Gasteiger partial charge in [-0.3, -0.25) is 10.1 Å². The first kappa shape index (κ1) is 13.9. The fourth-order valence-electron chi connectivity index (χ4n) is 1.67. The van der Waals surface area contributed by atoms with Gasteiger partial charge in [-0.2, -0.15) is 0 Å². The molecule has 0 aromatic heterocycles. The maximum absolute atomic E-state index is 10.8. The van der Waals surface area contributed by atoms with Gasteiger partial charge in [0, 0.05) is 24.8 Å². The molecule has 0 aliphatic rings. The highest BCUT2D eigenvalue weighted by Crippen LogP contribution is 2.25. The van der Waals surface area contributed by atoms with Gasteiger partial charge in [0.1, 0.15) is 0 Å². The Balaban J connectivity index is 3.12. The molecular formula is C13H16N2O3. The summed E-state index contributed by atoms with van der Waals surface area (Å²) < 4.78 is 0. The Labute approximate surface area is 106 Å². The summed E-state index contributed by atoms with van der Waals surface area (Å²) in [5.41, 5.74) is 1.03. The number of hydrogen-bond acceptors (Lipinski definition) is 4. The van der Waals surface area contributed by atoms with Crippen molar-refractivity contribution in [3.63, 3.8) is 0 Å². The van der Waals surface area contributed by atoms with E-state index in [0.717, 1.165) is 5.69 Å². The molecule has 96 valence electrons. The number of aliphatic hydroxyl groups excluding tert-OH is 1. The molecule has 0 fully saturated rings. The van der Waals surface area contributed by atoms with E-state index in [4.69, 9.17) is 0 Å². The smallest absolute Gasteiger partial charge is 0.275 e. The lowest BCUT2D eigenvalue weighted by Crippen LogP contribution is -2.23. The van der Waals surface area contributed by atoms with Crippen molar-refractivity contribution in [3.8, 4) is 0 Å². The van der Waals surface area contributed by atoms with Gasteiger partial charge in [-0.25, -0.2) is 0 Å². The molecule has 0 atom stereocenters. The highest BCUT2D eigenvalue weighted by Gasteiger charge is 2.14. The van der Waals surface area contributed by atoms with Crippen LogP contribution in [0.2, 0.25) is 0 Å². The van der Waals surface area contributed by atoms with Crippen LogP contribution in [0.1, 0.15) is 5.56 Å². The summed E-state index contributed by atoms with van der Waals surface area (Å²) in [6.45, 7) is 8.18. The third-order valence-electron chi connectivity index (χ3n) is 2.49.